The van der Waals surface area contributed by atoms with E-state index < -0.39 is 5.82 Å². The molecule has 0 bridgehead atoms. The van der Waals surface area contributed by atoms with Gasteiger partial charge in [-0.15, -0.1) is 0 Å². The summed E-state index contributed by atoms with van der Waals surface area (Å²) >= 11 is 0. The second-order valence-electron chi connectivity index (χ2n) is 4.37. The van der Waals surface area contributed by atoms with E-state index in [0.717, 1.165) is 6.07 Å². The van der Waals surface area contributed by atoms with E-state index in [1.54, 1.807) is 0 Å². The fourth-order valence-corrected chi connectivity index (χ4v) is 1.54. The summed E-state index contributed by atoms with van der Waals surface area (Å²) < 4.78 is 23.5. The molecule has 0 fully saturated rings. The van der Waals surface area contributed by atoms with E-state index in [1.165, 1.54) is 12.1 Å². The number of nitrogens with two attached hydrogens (primary N) is 1. The van der Waals surface area contributed by atoms with Gasteiger partial charge in [-0.2, -0.15) is 0 Å². The van der Waals surface area contributed by atoms with Crippen LogP contribution in [-0.2, 0) is 14.3 Å². The van der Waals surface area contributed by atoms with E-state index in [2.05, 4.69) is 5.32 Å². The summed E-state index contributed by atoms with van der Waals surface area (Å²) in [7, 11) is 0. The Bertz CT molecular complexity index is 440. The zero-order chi connectivity index (χ0) is 15.0. The highest BCUT2D eigenvalue weighted by atomic mass is 19.1. The molecule has 0 aliphatic rings. The van der Waals surface area contributed by atoms with Gasteiger partial charge >= 0.3 is 0 Å². The molecule has 0 spiro atoms. The van der Waals surface area contributed by atoms with Crippen LogP contribution in [0.15, 0.2) is 18.2 Å². The van der Waals surface area contributed by atoms with Crippen LogP contribution in [0.5, 0.6) is 0 Å². The average molecular weight is 284 g/mol. The molecule has 0 heterocycles. The van der Waals surface area contributed by atoms with E-state index >= 15 is 0 Å². The van der Waals surface area contributed by atoms with Crippen molar-refractivity contribution in [1.82, 2.24) is 0 Å². The molecule has 1 aromatic carbocycles. The highest BCUT2D eigenvalue weighted by molar-refractivity contribution is 5.93. The second kappa shape index (κ2) is 8.50. The molecule has 0 aliphatic heterocycles. The third-order valence-corrected chi connectivity index (χ3v) is 2.58. The highest BCUT2D eigenvalue weighted by Crippen LogP contribution is 2.19. The lowest BCUT2D eigenvalue weighted by molar-refractivity contribution is -0.118. The summed E-state index contributed by atoms with van der Waals surface area (Å²) in [5, 5.41) is 2.61. The predicted molar refractivity (Wildman–Crippen MR) is 76.0 cm³/mol. The molecule has 0 saturated carbocycles. The number of amides is 1. The first-order valence-electron chi connectivity index (χ1n) is 6.57. The van der Waals surface area contributed by atoms with Gasteiger partial charge in [-0.25, -0.2) is 4.39 Å². The number of nitrogens with one attached hydrogen (secondary N) is 1. The monoisotopic (exact) mass is 284 g/mol. The van der Waals surface area contributed by atoms with Crippen molar-refractivity contribution in [2.24, 2.45) is 0 Å². The lowest BCUT2D eigenvalue weighted by Gasteiger charge is -2.13. The lowest BCUT2D eigenvalue weighted by Crippen LogP contribution is -2.20. The van der Waals surface area contributed by atoms with E-state index in [9.17, 15) is 9.18 Å². The molecule has 1 amide bonds. The quantitative estimate of drug-likeness (QED) is 0.718. The number of anilines is 2. The largest absolute Gasteiger partial charge is 0.397 e. The van der Waals surface area contributed by atoms with Crippen molar-refractivity contribution in [3.63, 3.8) is 0 Å². The molecular weight excluding hydrogens is 263 g/mol. The number of ether oxygens (including phenoxy) is 2. The Morgan fingerprint density at radius 2 is 2.25 bits per heavy atom. The van der Waals surface area contributed by atoms with Gasteiger partial charge in [0.1, 0.15) is 5.82 Å². The van der Waals surface area contributed by atoms with E-state index in [4.69, 9.17) is 15.2 Å². The molecule has 112 valence electrons. The van der Waals surface area contributed by atoms with Crippen LogP contribution >= 0.6 is 0 Å². The minimum Gasteiger partial charge on any atom is -0.397 e. The maximum absolute atomic E-state index is 12.9. The van der Waals surface area contributed by atoms with Crippen LogP contribution in [0, 0.1) is 5.82 Å². The van der Waals surface area contributed by atoms with Crippen LogP contribution in [0.25, 0.3) is 0 Å². The number of hydrogen-bond donors (Lipinski definition) is 2. The number of rotatable bonds is 8. The number of halogens is 1. The van der Waals surface area contributed by atoms with Crippen LogP contribution in [0.2, 0.25) is 0 Å². The summed E-state index contributed by atoms with van der Waals surface area (Å²) in [5.74, 6) is -0.666. The van der Waals surface area contributed by atoms with Gasteiger partial charge in [0.25, 0.3) is 0 Å². The molecule has 3 N–H and O–H groups in total. The Hall–Kier alpha value is -1.66. The number of carbonyl (C=O) groups is 1. The van der Waals surface area contributed by atoms with Gasteiger partial charge in [-0.05, 0) is 32.0 Å². The summed E-state index contributed by atoms with van der Waals surface area (Å²) in [6.45, 7) is 5.22. The third-order valence-electron chi connectivity index (χ3n) is 2.58. The predicted octanol–water partition coefficient (Wildman–Crippen LogP) is 2.18. The number of carbonyl (C=O) groups excluding carboxylic acids is 1. The van der Waals surface area contributed by atoms with Gasteiger partial charge in [-0.3, -0.25) is 4.79 Å². The fraction of sp³-hybridized carbons (Fsp3) is 0.500. The van der Waals surface area contributed by atoms with Gasteiger partial charge < -0.3 is 20.5 Å². The van der Waals surface area contributed by atoms with Crippen molar-refractivity contribution in [2.75, 3.05) is 30.9 Å². The molecule has 0 radical (unpaired) electrons. The molecule has 1 rings (SSSR count). The molecule has 0 aromatic heterocycles. The topological polar surface area (TPSA) is 73.6 Å². The number of nitrogen functional groups attached to an aromatic ring is 1. The summed E-state index contributed by atoms with van der Waals surface area (Å²) in [4.78, 5) is 11.7. The van der Waals surface area contributed by atoms with Crippen LogP contribution < -0.4 is 11.1 Å². The smallest absolute Gasteiger partial charge is 0.226 e. The normalized spacial score (nSPS) is 12.2. The third kappa shape index (κ3) is 5.99. The Labute approximate surface area is 118 Å². The van der Waals surface area contributed by atoms with Crippen molar-refractivity contribution in [3.8, 4) is 0 Å². The van der Waals surface area contributed by atoms with Crippen LogP contribution in [0.4, 0.5) is 15.8 Å². The van der Waals surface area contributed by atoms with Gasteiger partial charge in [0.2, 0.25) is 5.91 Å². The van der Waals surface area contributed by atoms with Gasteiger partial charge in [0, 0.05) is 6.61 Å². The molecule has 1 atom stereocenters. The van der Waals surface area contributed by atoms with Crippen LogP contribution in [0.3, 0.4) is 0 Å². The Morgan fingerprint density at radius 3 is 2.90 bits per heavy atom. The highest BCUT2D eigenvalue weighted by Gasteiger charge is 2.08. The average Bonchev–Trinajstić information content (AvgIpc) is 2.39. The number of hydrogen-bond acceptors (Lipinski definition) is 4. The minimum absolute atomic E-state index is 0.0568. The SMILES string of the molecule is CCOCC(C)OCCC(=O)Nc1ccc(F)cc1N. The zero-order valence-corrected chi connectivity index (χ0v) is 11.8. The van der Waals surface area contributed by atoms with E-state index in [1.807, 2.05) is 13.8 Å². The van der Waals surface area contributed by atoms with Crippen molar-refractivity contribution < 1.29 is 18.7 Å². The maximum Gasteiger partial charge on any atom is 0.226 e. The number of benzene rings is 1. The molecule has 1 aromatic rings. The zero-order valence-electron chi connectivity index (χ0n) is 11.8. The first-order chi connectivity index (χ1) is 9.52. The van der Waals surface area contributed by atoms with E-state index in [0.29, 0.717) is 25.5 Å². The van der Waals surface area contributed by atoms with Gasteiger partial charge in [0.05, 0.1) is 37.1 Å². The van der Waals surface area contributed by atoms with Crippen molar-refractivity contribution in [3.05, 3.63) is 24.0 Å². The van der Waals surface area contributed by atoms with Crippen LogP contribution in [0.1, 0.15) is 20.3 Å². The molecule has 5 nitrogen and oxygen atoms in total. The minimum atomic E-state index is -0.436. The van der Waals surface area contributed by atoms with Crippen molar-refractivity contribution in [2.45, 2.75) is 26.4 Å². The Morgan fingerprint density at radius 1 is 1.50 bits per heavy atom. The van der Waals surface area contributed by atoms with Crippen molar-refractivity contribution in [1.29, 1.82) is 0 Å². The molecule has 0 saturated heterocycles. The van der Waals surface area contributed by atoms with Gasteiger partial charge in [-0.1, -0.05) is 0 Å². The molecule has 1 unspecified atom stereocenters. The maximum atomic E-state index is 12.9. The first kappa shape index (κ1) is 16.4. The standard InChI is InChI=1S/C14H21FN2O3/c1-3-19-9-10(2)20-7-6-14(18)17-13-5-4-11(15)8-12(13)16/h4-5,8,10H,3,6-7,9,16H2,1-2H3,(H,17,18). The molecular formula is C14H21FN2O3. The van der Waals surface area contributed by atoms with Crippen LogP contribution in [-0.4, -0.2) is 31.8 Å². The fourth-order valence-electron chi connectivity index (χ4n) is 1.54. The molecule has 0 aliphatic carbocycles. The summed E-state index contributed by atoms with van der Waals surface area (Å²) in [6.07, 6.45) is 0.145. The van der Waals surface area contributed by atoms with E-state index in [-0.39, 0.29) is 24.1 Å². The van der Waals surface area contributed by atoms with Gasteiger partial charge in [0.15, 0.2) is 0 Å². The Kier molecular flexibility index (Phi) is 6.97. The first-order valence-corrected chi connectivity index (χ1v) is 6.57. The molecule has 6 heteroatoms. The lowest BCUT2D eigenvalue weighted by atomic mass is 10.2. The second-order valence-corrected chi connectivity index (χ2v) is 4.37. The summed E-state index contributed by atoms with van der Waals surface area (Å²) in [6, 6.07) is 3.84. The van der Waals surface area contributed by atoms with Crippen molar-refractivity contribution >= 4 is 17.3 Å². The molecule has 20 heavy (non-hydrogen) atoms. The Balaban J connectivity index is 2.30. The summed E-state index contributed by atoms with van der Waals surface area (Å²) in [5.41, 5.74) is 6.20.